The van der Waals surface area contributed by atoms with E-state index >= 15 is 0 Å². The molecule has 5 nitrogen and oxygen atoms in total. The van der Waals surface area contributed by atoms with Crippen molar-refractivity contribution in [3.8, 4) is 0 Å². The molecule has 1 amide bonds. The van der Waals surface area contributed by atoms with Crippen molar-refractivity contribution in [1.29, 1.82) is 0 Å². The number of methoxy groups -OCH3 is 1. The largest absolute Gasteiger partial charge is 0.382 e. The lowest BCUT2D eigenvalue weighted by molar-refractivity contribution is -0.143. The molecule has 1 saturated heterocycles. The van der Waals surface area contributed by atoms with Gasteiger partial charge in [-0.25, -0.2) is 0 Å². The number of ether oxygens (including phenoxy) is 2. The molecular formula is C18H21ClN2O3. The van der Waals surface area contributed by atoms with Crippen LogP contribution in [0.25, 0.3) is 10.9 Å². The summed E-state index contributed by atoms with van der Waals surface area (Å²) in [6, 6.07) is 7.18. The molecule has 1 aromatic heterocycles. The van der Waals surface area contributed by atoms with Crippen LogP contribution in [0.1, 0.15) is 24.2 Å². The van der Waals surface area contributed by atoms with E-state index < -0.39 is 5.60 Å². The Hall–Kier alpha value is -1.69. The molecule has 2 heterocycles. The number of carbonyl (C=O) groups is 1. The van der Waals surface area contributed by atoms with Crippen LogP contribution in [0.3, 0.4) is 0 Å². The van der Waals surface area contributed by atoms with E-state index in [2.05, 4.69) is 4.98 Å². The van der Waals surface area contributed by atoms with E-state index in [-0.39, 0.29) is 12.0 Å². The van der Waals surface area contributed by atoms with E-state index in [1.54, 1.807) is 25.4 Å². The van der Waals surface area contributed by atoms with Gasteiger partial charge in [0.25, 0.3) is 5.91 Å². The summed E-state index contributed by atoms with van der Waals surface area (Å²) in [6.07, 6.45) is 1.53. The fourth-order valence-electron chi connectivity index (χ4n) is 3.20. The van der Waals surface area contributed by atoms with Crippen molar-refractivity contribution in [1.82, 2.24) is 9.88 Å². The molecule has 1 fully saturated rings. The van der Waals surface area contributed by atoms with Crippen molar-refractivity contribution < 1.29 is 14.3 Å². The van der Waals surface area contributed by atoms with E-state index in [0.29, 0.717) is 35.8 Å². The summed E-state index contributed by atoms with van der Waals surface area (Å²) in [4.78, 5) is 19.3. The minimum Gasteiger partial charge on any atom is -0.382 e. The summed E-state index contributed by atoms with van der Waals surface area (Å²) >= 11 is 6.23. The lowest BCUT2D eigenvalue weighted by Crippen LogP contribution is -2.55. The van der Waals surface area contributed by atoms with Crippen LogP contribution >= 0.6 is 11.6 Å². The minimum absolute atomic E-state index is 0.0622. The second kappa shape index (κ2) is 6.67. The average molecular weight is 349 g/mol. The zero-order chi connectivity index (χ0) is 17.3. The number of pyridine rings is 1. The van der Waals surface area contributed by atoms with Crippen LogP contribution in [0.2, 0.25) is 5.02 Å². The van der Waals surface area contributed by atoms with Crippen molar-refractivity contribution in [3.05, 3.63) is 41.0 Å². The molecule has 0 radical (unpaired) electrons. The fourth-order valence-corrected chi connectivity index (χ4v) is 3.42. The normalized spacial score (nSPS) is 20.3. The van der Waals surface area contributed by atoms with E-state index in [1.165, 1.54) is 0 Å². The van der Waals surface area contributed by atoms with Crippen LogP contribution in [0.4, 0.5) is 0 Å². The van der Waals surface area contributed by atoms with Gasteiger partial charge in [0.2, 0.25) is 0 Å². The van der Waals surface area contributed by atoms with Crippen LogP contribution in [0.15, 0.2) is 30.5 Å². The zero-order valence-electron chi connectivity index (χ0n) is 14.1. The second-order valence-corrected chi connectivity index (χ2v) is 7.04. The van der Waals surface area contributed by atoms with Gasteiger partial charge in [0, 0.05) is 31.8 Å². The lowest BCUT2D eigenvalue weighted by Gasteiger charge is -2.42. The average Bonchev–Trinajstić information content (AvgIpc) is 2.54. The number of halogens is 1. The summed E-state index contributed by atoms with van der Waals surface area (Å²) in [5, 5.41) is 1.38. The lowest BCUT2D eigenvalue weighted by atomic mass is 10.0. The van der Waals surface area contributed by atoms with Crippen LogP contribution in [0.5, 0.6) is 0 Å². The molecule has 1 aliphatic heterocycles. The highest BCUT2D eigenvalue weighted by atomic mass is 35.5. The summed E-state index contributed by atoms with van der Waals surface area (Å²) in [7, 11) is 1.63. The van der Waals surface area contributed by atoms with E-state index in [1.807, 2.05) is 30.9 Å². The number of benzene rings is 1. The first-order valence-corrected chi connectivity index (χ1v) is 8.28. The first-order chi connectivity index (χ1) is 11.4. The van der Waals surface area contributed by atoms with Crippen LogP contribution < -0.4 is 0 Å². The number of carbonyl (C=O) groups excluding carboxylic acids is 1. The van der Waals surface area contributed by atoms with Gasteiger partial charge < -0.3 is 14.4 Å². The Morgan fingerprint density at radius 2 is 2.25 bits per heavy atom. The Labute approximate surface area is 146 Å². The number of hydrogen-bond donors (Lipinski definition) is 0. The molecule has 0 aliphatic carbocycles. The van der Waals surface area contributed by atoms with Gasteiger partial charge in [-0.2, -0.15) is 0 Å². The van der Waals surface area contributed by atoms with Crippen LogP contribution in [-0.4, -0.2) is 54.3 Å². The van der Waals surface area contributed by atoms with Gasteiger partial charge in [-0.1, -0.05) is 11.6 Å². The molecule has 0 saturated carbocycles. The van der Waals surface area contributed by atoms with Gasteiger partial charge in [0.05, 0.1) is 34.4 Å². The van der Waals surface area contributed by atoms with Crippen molar-refractivity contribution in [2.45, 2.75) is 25.6 Å². The standard InChI is InChI=1S/C18H21ClN2O3/c1-18(2)11-21(9-12(24-18)10-23-3)17(22)14-6-7-15(19)13-5-4-8-20-16(13)14/h4-8,12H,9-11H2,1-3H3. The number of nitrogens with zero attached hydrogens (tertiary/aromatic N) is 2. The van der Waals surface area contributed by atoms with Gasteiger partial charge in [-0.3, -0.25) is 9.78 Å². The summed E-state index contributed by atoms with van der Waals surface area (Å²) < 4.78 is 11.2. The molecule has 1 unspecified atom stereocenters. The monoisotopic (exact) mass is 348 g/mol. The molecule has 128 valence electrons. The van der Waals surface area contributed by atoms with Crippen LogP contribution in [0, 0.1) is 0 Å². The Balaban J connectivity index is 1.95. The van der Waals surface area contributed by atoms with Gasteiger partial charge in [-0.05, 0) is 38.1 Å². The molecular weight excluding hydrogens is 328 g/mol. The highest BCUT2D eigenvalue weighted by Crippen LogP contribution is 2.28. The maximum Gasteiger partial charge on any atom is 0.256 e. The van der Waals surface area contributed by atoms with Gasteiger partial charge in [0.15, 0.2) is 0 Å². The third kappa shape index (κ3) is 3.38. The van der Waals surface area contributed by atoms with Crippen molar-refractivity contribution >= 4 is 28.4 Å². The Kier molecular flexibility index (Phi) is 4.76. The molecule has 1 aliphatic rings. The first-order valence-electron chi connectivity index (χ1n) is 7.90. The number of fused-ring (bicyclic) bond motifs is 1. The fraction of sp³-hybridized carbons (Fsp3) is 0.444. The summed E-state index contributed by atoms with van der Waals surface area (Å²) in [6.45, 7) is 5.42. The SMILES string of the molecule is COCC1CN(C(=O)c2ccc(Cl)c3cccnc23)CC(C)(C)O1. The quantitative estimate of drug-likeness (QED) is 0.855. The summed E-state index contributed by atoms with van der Waals surface area (Å²) in [5.74, 6) is -0.0622. The maximum absolute atomic E-state index is 13.1. The smallest absolute Gasteiger partial charge is 0.256 e. The molecule has 0 bridgehead atoms. The molecule has 24 heavy (non-hydrogen) atoms. The third-order valence-corrected chi connectivity index (χ3v) is 4.40. The van der Waals surface area contributed by atoms with Crippen LogP contribution in [-0.2, 0) is 9.47 Å². The van der Waals surface area contributed by atoms with Crippen molar-refractivity contribution in [2.24, 2.45) is 0 Å². The topological polar surface area (TPSA) is 51.7 Å². The summed E-state index contributed by atoms with van der Waals surface area (Å²) in [5.41, 5.74) is 0.763. The predicted octanol–water partition coefficient (Wildman–Crippen LogP) is 3.15. The van der Waals surface area contributed by atoms with Gasteiger partial charge >= 0.3 is 0 Å². The Bertz CT molecular complexity index is 763. The highest BCUT2D eigenvalue weighted by Gasteiger charge is 2.36. The zero-order valence-corrected chi connectivity index (χ0v) is 14.8. The minimum atomic E-state index is -0.424. The Morgan fingerprint density at radius 3 is 3.00 bits per heavy atom. The van der Waals surface area contributed by atoms with E-state index in [4.69, 9.17) is 21.1 Å². The van der Waals surface area contributed by atoms with E-state index in [0.717, 1.165) is 5.39 Å². The molecule has 6 heteroatoms. The number of rotatable bonds is 3. The number of morpholine rings is 1. The number of amides is 1. The van der Waals surface area contributed by atoms with Gasteiger partial charge in [-0.15, -0.1) is 0 Å². The number of hydrogen-bond acceptors (Lipinski definition) is 4. The molecule has 0 spiro atoms. The van der Waals surface area contributed by atoms with Gasteiger partial charge in [0.1, 0.15) is 0 Å². The maximum atomic E-state index is 13.1. The first kappa shape index (κ1) is 17.1. The Morgan fingerprint density at radius 1 is 1.46 bits per heavy atom. The molecule has 2 aromatic rings. The second-order valence-electron chi connectivity index (χ2n) is 6.64. The third-order valence-electron chi connectivity index (χ3n) is 4.07. The molecule has 0 N–H and O–H groups in total. The highest BCUT2D eigenvalue weighted by molar-refractivity contribution is 6.36. The molecule has 1 aromatic carbocycles. The predicted molar refractivity (Wildman–Crippen MR) is 93.5 cm³/mol. The molecule has 1 atom stereocenters. The van der Waals surface area contributed by atoms with Crippen molar-refractivity contribution in [3.63, 3.8) is 0 Å². The van der Waals surface area contributed by atoms with E-state index in [9.17, 15) is 4.79 Å². The molecule has 3 rings (SSSR count). The number of aromatic nitrogens is 1. The van der Waals surface area contributed by atoms with Crippen molar-refractivity contribution in [2.75, 3.05) is 26.8 Å².